The second-order valence-corrected chi connectivity index (χ2v) is 5.82. The van der Waals surface area contributed by atoms with Crippen LogP contribution in [0.3, 0.4) is 0 Å². The molecule has 0 saturated heterocycles. The smallest absolute Gasteiger partial charge is 0.270 e. The number of hydrogen-bond donors (Lipinski definition) is 0. The number of likely N-dealkylation sites (N-methyl/N-ethyl adjacent to an activating group) is 1. The summed E-state index contributed by atoms with van der Waals surface area (Å²) in [5.41, 5.74) is -0.0462. The van der Waals surface area contributed by atoms with Gasteiger partial charge in [0.1, 0.15) is 12.4 Å². The van der Waals surface area contributed by atoms with Crippen molar-refractivity contribution in [2.24, 2.45) is 0 Å². The SMILES string of the molecule is COc1ccc([N+](=O)[O-])cc1C(=O)N(C)C[C@H]1COc2ccccc2O1. The van der Waals surface area contributed by atoms with E-state index in [0.717, 1.165) is 0 Å². The van der Waals surface area contributed by atoms with Crippen LogP contribution in [0.4, 0.5) is 5.69 Å². The van der Waals surface area contributed by atoms with E-state index in [1.165, 1.54) is 30.2 Å². The van der Waals surface area contributed by atoms with Gasteiger partial charge in [0.05, 0.1) is 24.1 Å². The summed E-state index contributed by atoms with van der Waals surface area (Å²) in [6, 6.07) is 11.2. The molecule has 8 heteroatoms. The largest absolute Gasteiger partial charge is 0.496 e. The van der Waals surface area contributed by atoms with Gasteiger partial charge in [0.25, 0.3) is 11.6 Å². The predicted octanol–water partition coefficient (Wildman–Crippen LogP) is 2.52. The number of carbonyl (C=O) groups excluding carboxylic acids is 1. The van der Waals surface area contributed by atoms with Crippen molar-refractivity contribution in [1.29, 1.82) is 0 Å². The molecule has 26 heavy (non-hydrogen) atoms. The first-order chi connectivity index (χ1) is 12.5. The Bertz CT molecular complexity index is 838. The van der Waals surface area contributed by atoms with E-state index in [2.05, 4.69) is 0 Å². The first-order valence-corrected chi connectivity index (χ1v) is 7.96. The van der Waals surface area contributed by atoms with Gasteiger partial charge < -0.3 is 19.1 Å². The molecule has 1 amide bonds. The summed E-state index contributed by atoms with van der Waals surface area (Å²) < 4.78 is 16.7. The Morgan fingerprint density at radius 3 is 2.73 bits per heavy atom. The van der Waals surface area contributed by atoms with E-state index < -0.39 is 10.8 Å². The standard InChI is InChI=1S/C18H18N2O6/c1-19(10-13-11-25-16-5-3-4-6-17(16)26-13)18(21)14-9-12(20(22)23)7-8-15(14)24-2/h3-9,13H,10-11H2,1-2H3/t13-/m0/s1. The zero-order chi connectivity index (χ0) is 18.7. The highest BCUT2D eigenvalue weighted by molar-refractivity contribution is 5.97. The molecule has 0 aromatic heterocycles. The average Bonchev–Trinajstić information content (AvgIpc) is 2.66. The lowest BCUT2D eigenvalue weighted by Crippen LogP contribution is -2.41. The zero-order valence-electron chi connectivity index (χ0n) is 14.4. The molecule has 0 bridgehead atoms. The Morgan fingerprint density at radius 2 is 2.04 bits per heavy atom. The summed E-state index contributed by atoms with van der Waals surface area (Å²) >= 11 is 0. The molecule has 0 fully saturated rings. The van der Waals surface area contributed by atoms with Gasteiger partial charge in [0.15, 0.2) is 17.6 Å². The molecule has 0 aliphatic carbocycles. The third kappa shape index (κ3) is 3.53. The number of carbonyl (C=O) groups is 1. The van der Waals surface area contributed by atoms with Crippen LogP contribution >= 0.6 is 0 Å². The van der Waals surface area contributed by atoms with Crippen LogP contribution < -0.4 is 14.2 Å². The lowest BCUT2D eigenvalue weighted by atomic mass is 10.1. The Labute approximate surface area is 150 Å². The number of ether oxygens (including phenoxy) is 3. The minimum Gasteiger partial charge on any atom is -0.496 e. The Balaban J connectivity index is 1.74. The third-order valence-electron chi connectivity index (χ3n) is 4.02. The van der Waals surface area contributed by atoms with E-state index in [4.69, 9.17) is 14.2 Å². The fraction of sp³-hybridized carbons (Fsp3) is 0.278. The Morgan fingerprint density at radius 1 is 1.31 bits per heavy atom. The van der Waals surface area contributed by atoms with Crippen molar-refractivity contribution >= 4 is 11.6 Å². The quantitative estimate of drug-likeness (QED) is 0.602. The highest BCUT2D eigenvalue weighted by Crippen LogP contribution is 2.31. The van der Waals surface area contributed by atoms with E-state index in [-0.39, 0.29) is 29.6 Å². The molecule has 2 aromatic carbocycles. The molecular weight excluding hydrogens is 340 g/mol. The summed E-state index contributed by atoms with van der Waals surface area (Å²) in [7, 11) is 3.01. The van der Waals surface area contributed by atoms with Crippen LogP contribution in [0, 0.1) is 10.1 Å². The highest BCUT2D eigenvalue weighted by Gasteiger charge is 2.26. The average molecular weight is 358 g/mol. The maximum atomic E-state index is 12.7. The Kier molecular flexibility index (Phi) is 4.92. The van der Waals surface area contributed by atoms with Crippen LogP contribution in [0.1, 0.15) is 10.4 Å². The van der Waals surface area contributed by atoms with Crippen molar-refractivity contribution in [3.8, 4) is 17.2 Å². The summed E-state index contributed by atoms with van der Waals surface area (Å²) in [5.74, 6) is 1.17. The molecule has 0 spiro atoms. The van der Waals surface area contributed by atoms with E-state index in [0.29, 0.717) is 18.1 Å². The van der Waals surface area contributed by atoms with Gasteiger partial charge in [0.2, 0.25) is 0 Å². The van der Waals surface area contributed by atoms with Crippen LogP contribution in [0.5, 0.6) is 17.2 Å². The molecule has 0 saturated carbocycles. The van der Waals surface area contributed by atoms with Crippen molar-refractivity contribution in [1.82, 2.24) is 4.90 Å². The molecule has 1 aliphatic rings. The molecule has 136 valence electrons. The number of nitro groups is 1. The molecular formula is C18H18N2O6. The van der Waals surface area contributed by atoms with E-state index >= 15 is 0 Å². The van der Waals surface area contributed by atoms with E-state index in [1.54, 1.807) is 13.1 Å². The Hall–Kier alpha value is -3.29. The summed E-state index contributed by atoms with van der Waals surface area (Å²) in [6.45, 7) is 0.569. The fourth-order valence-corrected chi connectivity index (χ4v) is 2.72. The molecule has 0 radical (unpaired) electrons. The maximum Gasteiger partial charge on any atom is 0.270 e. The lowest BCUT2D eigenvalue weighted by molar-refractivity contribution is -0.384. The van der Waals surface area contributed by atoms with Crippen LogP contribution in [-0.4, -0.2) is 49.1 Å². The van der Waals surface area contributed by atoms with Crippen molar-refractivity contribution in [2.75, 3.05) is 27.3 Å². The number of nitrogens with zero attached hydrogens (tertiary/aromatic N) is 2. The number of hydrogen-bond acceptors (Lipinski definition) is 6. The summed E-state index contributed by atoms with van der Waals surface area (Å²) in [5, 5.41) is 11.0. The van der Waals surface area contributed by atoms with Gasteiger partial charge in [-0.25, -0.2) is 0 Å². The molecule has 8 nitrogen and oxygen atoms in total. The van der Waals surface area contributed by atoms with Crippen molar-refractivity contribution < 1.29 is 23.9 Å². The minimum atomic E-state index is -0.550. The highest BCUT2D eigenvalue weighted by atomic mass is 16.6. The van der Waals surface area contributed by atoms with Gasteiger partial charge in [0, 0.05) is 19.2 Å². The van der Waals surface area contributed by atoms with Gasteiger partial charge in [-0.05, 0) is 18.2 Å². The second kappa shape index (κ2) is 7.30. The topological polar surface area (TPSA) is 91.1 Å². The predicted molar refractivity (Wildman–Crippen MR) is 93.0 cm³/mol. The number of methoxy groups -OCH3 is 1. The van der Waals surface area contributed by atoms with Gasteiger partial charge in [-0.15, -0.1) is 0 Å². The lowest BCUT2D eigenvalue weighted by Gasteiger charge is -2.29. The number of amides is 1. The number of fused-ring (bicyclic) bond motifs is 1. The number of non-ortho nitro benzene ring substituents is 1. The molecule has 1 heterocycles. The van der Waals surface area contributed by atoms with Gasteiger partial charge in [-0.2, -0.15) is 0 Å². The minimum absolute atomic E-state index is 0.126. The fourth-order valence-electron chi connectivity index (χ4n) is 2.72. The number of nitro benzene ring substituents is 1. The number of rotatable bonds is 5. The molecule has 0 N–H and O–H groups in total. The van der Waals surface area contributed by atoms with Gasteiger partial charge >= 0.3 is 0 Å². The zero-order valence-corrected chi connectivity index (χ0v) is 14.4. The monoisotopic (exact) mass is 358 g/mol. The number of para-hydroxylation sites is 2. The van der Waals surface area contributed by atoms with Crippen molar-refractivity contribution in [3.63, 3.8) is 0 Å². The van der Waals surface area contributed by atoms with Crippen molar-refractivity contribution in [2.45, 2.75) is 6.10 Å². The van der Waals surface area contributed by atoms with Crippen LogP contribution in [0.25, 0.3) is 0 Å². The van der Waals surface area contributed by atoms with Crippen LogP contribution in [0.15, 0.2) is 42.5 Å². The van der Waals surface area contributed by atoms with Gasteiger partial charge in [-0.3, -0.25) is 14.9 Å². The van der Waals surface area contributed by atoms with E-state index in [1.807, 2.05) is 18.2 Å². The first-order valence-electron chi connectivity index (χ1n) is 7.96. The summed E-state index contributed by atoms with van der Waals surface area (Å²) in [4.78, 5) is 24.6. The third-order valence-corrected chi connectivity index (χ3v) is 4.02. The first kappa shape index (κ1) is 17.5. The van der Waals surface area contributed by atoms with E-state index in [9.17, 15) is 14.9 Å². The van der Waals surface area contributed by atoms with Crippen LogP contribution in [-0.2, 0) is 0 Å². The molecule has 3 rings (SSSR count). The second-order valence-electron chi connectivity index (χ2n) is 5.82. The summed E-state index contributed by atoms with van der Waals surface area (Å²) in [6.07, 6.45) is -0.344. The molecule has 1 aliphatic heterocycles. The molecule has 0 unspecified atom stereocenters. The normalized spacial score (nSPS) is 15.2. The molecule has 1 atom stereocenters. The number of benzene rings is 2. The maximum absolute atomic E-state index is 12.7. The van der Waals surface area contributed by atoms with Gasteiger partial charge in [-0.1, -0.05) is 12.1 Å². The van der Waals surface area contributed by atoms with Crippen LogP contribution in [0.2, 0.25) is 0 Å². The van der Waals surface area contributed by atoms with Crippen molar-refractivity contribution in [3.05, 3.63) is 58.1 Å². The molecule has 2 aromatic rings.